The minimum atomic E-state index is -0.312. The monoisotopic (exact) mass is 362 g/mol. The van der Waals surface area contributed by atoms with Crippen molar-refractivity contribution in [3.63, 3.8) is 0 Å². The lowest BCUT2D eigenvalue weighted by Gasteiger charge is -2.07. The van der Waals surface area contributed by atoms with Gasteiger partial charge in [-0.05, 0) is 36.0 Å². The third kappa shape index (κ3) is 5.16. The van der Waals surface area contributed by atoms with Crippen molar-refractivity contribution in [1.82, 2.24) is 10.6 Å². The number of rotatable bonds is 5. The third-order valence-electron chi connectivity index (χ3n) is 3.62. The summed E-state index contributed by atoms with van der Waals surface area (Å²) in [7, 11) is 0. The number of thiocarbonyl (C=S) groups is 1. The van der Waals surface area contributed by atoms with Gasteiger partial charge in [0.15, 0.2) is 5.11 Å². The molecule has 0 fully saturated rings. The fourth-order valence-electron chi connectivity index (χ4n) is 2.33. The standard InChI is InChI=1S/C21H18N2O2S/c24-20(23-21(26)22-15-16-7-3-1-4-8-16)14-12-18-11-13-19(25-18)17-9-5-2-6-10-17/h1-14H,15H2,(H2,22,23,24,26)/b14-12+. The maximum atomic E-state index is 11.9. The Morgan fingerprint density at radius 3 is 2.38 bits per heavy atom. The summed E-state index contributed by atoms with van der Waals surface area (Å²) < 4.78 is 5.72. The first-order valence-electron chi connectivity index (χ1n) is 8.17. The van der Waals surface area contributed by atoms with E-state index >= 15 is 0 Å². The molecule has 0 aliphatic rings. The van der Waals surface area contributed by atoms with Crippen molar-refractivity contribution in [2.45, 2.75) is 6.54 Å². The Kier molecular flexibility index (Phi) is 5.96. The van der Waals surface area contributed by atoms with E-state index in [0.717, 1.165) is 16.9 Å². The molecule has 0 unspecified atom stereocenters. The Labute approximate surface area is 157 Å². The highest BCUT2D eigenvalue weighted by molar-refractivity contribution is 7.80. The van der Waals surface area contributed by atoms with E-state index in [0.29, 0.717) is 12.3 Å². The highest BCUT2D eigenvalue weighted by Crippen LogP contribution is 2.22. The van der Waals surface area contributed by atoms with E-state index < -0.39 is 0 Å². The van der Waals surface area contributed by atoms with Gasteiger partial charge in [-0.1, -0.05) is 60.7 Å². The summed E-state index contributed by atoms with van der Waals surface area (Å²) in [4.78, 5) is 11.9. The second-order valence-corrected chi connectivity index (χ2v) is 5.97. The largest absolute Gasteiger partial charge is 0.457 e. The van der Waals surface area contributed by atoms with Gasteiger partial charge in [0.2, 0.25) is 5.91 Å². The Hall–Kier alpha value is -3.18. The topological polar surface area (TPSA) is 54.3 Å². The fourth-order valence-corrected chi connectivity index (χ4v) is 2.51. The predicted octanol–water partition coefficient (Wildman–Crippen LogP) is 4.15. The molecule has 1 aromatic heterocycles. The third-order valence-corrected chi connectivity index (χ3v) is 3.86. The number of carbonyl (C=O) groups is 1. The lowest BCUT2D eigenvalue weighted by molar-refractivity contribution is -0.115. The van der Waals surface area contributed by atoms with Gasteiger partial charge in [-0.3, -0.25) is 10.1 Å². The molecule has 4 nitrogen and oxygen atoms in total. The summed E-state index contributed by atoms with van der Waals surface area (Å²) in [6.07, 6.45) is 3.01. The first-order chi connectivity index (χ1) is 12.7. The molecular weight excluding hydrogens is 344 g/mol. The molecule has 0 aliphatic heterocycles. The molecule has 130 valence electrons. The molecule has 2 N–H and O–H groups in total. The summed E-state index contributed by atoms with van der Waals surface area (Å²) in [5, 5.41) is 5.89. The highest BCUT2D eigenvalue weighted by Gasteiger charge is 2.04. The van der Waals surface area contributed by atoms with Gasteiger partial charge < -0.3 is 9.73 Å². The summed E-state index contributed by atoms with van der Waals surface area (Å²) in [6, 6.07) is 23.3. The molecule has 3 aromatic rings. The molecule has 0 radical (unpaired) electrons. The van der Waals surface area contributed by atoms with Gasteiger partial charge in [0.1, 0.15) is 11.5 Å². The van der Waals surface area contributed by atoms with Crippen LogP contribution < -0.4 is 10.6 Å². The van der Waals surface area contributed by atoms with E-state index in [1.807, 2.05) is 72.8 Å². The van der Waals surface area contributed by atoms with Gasteiger partial charge in [0.05, 0.1) is 0 Å². The first kappa shape index (κ1) is 17.6. The quantitative estimate of drug-likeness (QED) is 0.529. The Bertz CT molecular complexity index is 902. The van der Waals surface area contributed by atoms with Crippen LogP contribution in [-0.4, -0.2) is 11.0 Å². The van der Waals surface area contributed by atoms with Crippen molar-refractivity contribution >= 4 is 29.3 Å². The second kappa shape index (κ2) is 8.78. The zero-order valence-corrected chi connectivity index (χ0v) is 14.8. The predicted molar refractivity (Wildman–Crippen MR) is 107 cm³/mol. The van der Waals surface area contributed by atoms with Crippen molar-refractivity contribution in [2.24, 2.45) is 0 Å². The van der Waals surface area contributed by atoms with Crippen LogP contribution in [0.25, 0.3) is 17.4 Å². The highest BCUT2D eigenvalue weighted by atomic mass is 32.1. The van der Waals surface area contributed by atoms with Crippen LogP contribution in [-0.2, 0) is 11.3 Å². The zero-order valence-electron chi connectivity index (χ0n) is 14.0. The van der Waals surface area contributed by atoms with Crippen LogP contribution in [0.1, 0.15) is 11.3 Å². The number of nitrogens with one attached hydrogen (secondary N) is 2. The van der Waals surface area contributed by atoms with Gasteiger partial charge in [0, 0.05) is 18.2 Å². The SMILES string of the molecule is O=C(/C=C/c1ccc(-c2ccccc2)o1)NC(=S)NCc1ccccc1. The number of hydrogen-bond donors (Lipinski definition) is 2. The van der Waals surface area contributed by atoms with Gasteiger partial charge >= 0.3 is 0 Å². The lowest BCUT2D eigenvalue weighted by Crippen LogP contribution is -2.37. The number of furan rings is 1. The smallest absolute Gasteiger partial charge is 0.250 e. The van der Waals surface area contributed by atoms with Crippen molar-refractivity contribution in [3.8, 4) is 11.3 Å². The fraction of sp³-hybridized carbons (Fsp3) is 0.0476. The average molecular weight is 362 g/mol. The Balaban J connectivity index is 1.50. The van der Waals surface area contributed by atoms with Crippen LogP contribution in [0.4, 0.5) is 0 Å². The number of amides is 1. The van der Waals surface area contributed by atoms with Crippen LogP contribution in [0.2, 0.25) is 0 Å². The molecule has 3 rings (SSSR count). The average Bonchev–Trinajstić information content (AvgIpc) is 3.15. The van der Waals surface area contributed by atoms with Crippen molar-refractivity contribution in [3.05, 3.63) is 90.2 Å². The van der Waals surface area contributed by atoms with Crippen LogP contribution in [0.3, 0.4) is 0 Å². The second-order valence-electron chi connectivity index (χ2n) is 5.56. The van der Waals surface area contributed by atoms with E-state index in [1.165, 1.54) is 6.08 Å². The molecule has 1 amide bonds. The molecule has 0 saturated heterocycles. The first-order valence-corrected chi connectivity index (χ1v) is 8.57. The van der Waals surface area contributed by atoms with Crippen LogP contribution in [0.15, 0.2) is 83.3 Å². The Morgan fingerprint density at radius 2 is 1.65 bits per heavy atom. The van der Waals surface area contributed by atoms with Crippen LogP contribution >= 0.6 is 12.2 Å². The minimum absolute atomic E-state index is 0.285. The van der Waals surface area contributed by atoms with E-state index in [2.05, 4.69) is 10.6 Å². The number of benzene rings is 2. The lowest BCUT2D eigenvalue weighted by atomic mass is 10.2. The normalized spacial score (nSPS) is 10.6. The summed E-state index contributed by atoms with van der Waals surface area (Å²) in [5.41, 5.74) is 2.08. The maximum Gasteiger partial charge on any atom is 0.250 e. The molecule has 1 heterocycles. The molecule has 0 aliphatic carbocycles. The molecular formula is C21H18N2O2S. The molecule has 2 aromatic carbocycles. The molecule has 26 heavy (non-hydrogen) atoms. The van der Waals surface area contributed by atoms with Crippen molar-refractivity contribution < 1.29 is 9.21 Å². The van der Waals surface area contributed by atoms with Crippen molar-refractivity contribution in [2.75, 3.05) is 0 Å². The van der Waals surface area contributed by atoms with Crippen LogP contribution in [0, 0.1) is 0 Å². The van der Waals surface area contributed by atoms with E-state index in [-0.39, 0.29) is 11.0 Å². The molecule has 0 saturated carbocycles. The van der Waals surface area contributed by atoms with Gasteiger partial charge in [-0.25, -0.2) is 0 Å². The van der Waals surface area contributed by atoms with Gasteiger partial charge in [-0.15, -0.1) is 0 Å². The molecule has 0 bridgehead atoms. The Morgan fingerprint density at radius 1 is 0.962 bits per heavy atom. The zero-order chi connectivity index (χ0) is 18.2. The summed E-state index contributed by atoms with van der Waals surface area (Å²) in [5.74, 6) is 1.04. The van der Waals surface area contributed by atoms with E-state index in [9.17, 15) is 4.79 Å². The van der Waals surface area contributed by atoms with Gasteiger partial charge in [-0.2, -0.15) is 0 Å². The summed E-state index contributed by atoms with van der Waals surface area (Å²) >= 11 is 5.13. The summed E-state index contributed by atoms with van der Waals surface area (Å²) in [6.45, 7) is 0.558. The van der Waals surface area contributed by atoms with E-state index in [1.54, 1.807) is 6.08 Å². The number of hydrogen-bond acceptors (Lipinski definition) is 3. The molecule has 5 heteroatoms. The number of carbonyl (C=O) groups excluding carboxylic acids is 1. The minimum Gasteiger partial charge on any atom is -0.457 e. The van der Waals surface area contributed by atoms with Gasteiger partial charge in [0.25, 0.3) is 0 Å². The molecule has 0 spiro atoms. The van der Waals surface area contributed by atoms with E-state index in [4.69, 9.17) is 16.6 Å². The van der Waals surface area contributed by atoms with Crippen molar-refractivity contribution in [1.29, 1.82) is 0 Å². The molecule has 0 atom stereocenters. The van der Waals surface area contributed by atoms with Crippen LogP contribution in [0.5, 0.6) is 0 Å². The maximum absolute atomic E-state index is 11.9.